The molecule has 2 rings (SSSR count). The molecule has 1 heterocycles. The number of benzene rings is 1. The smallest absolute Gasteiger partial charge is 0.252 e. The van der Waals surface area contributed by atoms with Gasteiger partial charge in [-0.1, -0.05) is 21.1 Å². The summed E-state index contributed by atoms with van der Waals surface area (Å²) in [5, 5.41) is 3.76. The summed E-state index contributed by atoms with van der Waals surface area (Å²) in [5.74, 6) is 0.283. The van der Waals surface area contributed by atoms with Gasteiger partial charge in [0.05, 0.1) is 6.61 Å². The molecule has 0 amide bonds. The Morgan fingerprint density at radius 1 is 1.39 bits per heavy atom. The van der Waals surface area contributed by atoms with Gasteiger partial charge in [-0.05, 0) is 18.2 Å². The SMILES string of the molecule is NCCOCc1nc(-c2cc(F)cc(Br)c2)no1. The average molecular weight is 316 g/mol. The molecule has 0 aliphatic rings. The standard InChI is InChI=1S/C11H11BrFN3O2/c12-8-3-7(4-9(13)5-8)11-15-10(18-16-11)6-17-2-1-14/h3-5H,1-2,6,14H2. The second-order valence-corrected chi connectivity index (χ2v) is 4.43. The lowest BCUT2D eigenvalue weighted by atomic mass is 10.2. The highest BCUT2D eigenvalue weighted by Gasteiger charge is 2.10. The van der Waals surface area contributed by atoms with Crippen LogP contribution in [0.1, 0.15) is 5.89 Å². The van der Waals surface area contributed by atoms with Crippen LogP contribution in [0.2, 0.25) is 0 Å². The number of hydrogen-bond donors (Lipinski definition) is 1. The number of ether oxygens (including phenoxy) is 1. The number of hydrogen-bond acceptors (Lipinski definition) is 5. The third-order valence-corrected chi connectivity index (χ3v) is 2.53. The van der Waals surface area contributed by atoms with Gasteiger partial charge in [-0.3, -0.25) is 0 Å². The molecule has 5 nitrogen and oxygen atoms in total. The van der Waals surface area contributed by atoms with E-state index in [1.54, 1.807) is 6.07 Å². The van der Waals surface area contributed by atoms with Gasteiger partial charge in [0.25, 0.3) is 5.89 Å². The molecular weight excluding hydrogens is 305 g/mol. The maximum atomic E-state index is 13.2. The van der Waals surface area contributed by atoms with E-state index in [9.17, 15) is 4.39 Å². The van der Waals surface area contributed by atoms with Crippen LogP contribution in [0.3, 0.4) is 0 Å². The first-order valence-electron chi connectivity index (χ1n) is 5.26. The number of nitrogens with zero attached hydrogens (tertiary/aromatic N) is 2. The Balaban J connectivity index is 2.13. The average Bonchev–Trinajstić information content (AvgIpc) is 2.77. The molecule has 0 unspecified atom stereocenters. The van der Waals surface area contributed by atoms with E-state index < -0.39 is 0 Å². The second kappa shape index (κ2) is 6.03. The van der Waals surface area contributed by atoms with Gasteiger partial charge in [0.2, 0.25) is 5.82 Å². The maximum absolute atomic E-state index is 13.2. The van der Waals surface area contributed by atoms with Crippen molar-refractivity contribution in [2.45, 2.75) is 6.61 Å². The van der Waals surface area contributed by atoms with E-state index in [0.717, 1.165) is 0 Å². The highest BCUT2D eigenvalue weighted by atomic mass is 79.9. The van der Waals surface area contributed by atoms with Crippen LogP contribution in [0.15, 0.2) is 27.2 Å². The minimum absolute atomic E-state index is 0.195. The van der Waals surface area contributed by atoms with Crippen molar-refractivity contribution in [2.75, 3.05) is 13.2 Å². The molecule has 0 atom stereocenters. The maximum Gasteiger partial charge on any atom is 0.252 e. The van der Waals surface area contributed by atoms with Crippen molar-refractivity contribution >= 4 is 15.9 Å². The Morgan fingerprint density at radius 3 is 2.94 bits per heavy atom. The third-order valence-electron chi connectivity index (χ3n) is 2.08. The molecule has 0 aliphatic heterocycles. The van der Waals surface area contributed by atoms with Gasteiger partial charge in [0, 0.05) is 16.6 Å². The van der Waals surface area contributed by atoms with Crippen LogP contribution in [0.25, 0.3) is 11.4 Å². The lowest BCUT2D eigenvalue weighted by molar-refractivity contribution is 0.104. The molecule has 2 N–H and O–H groups in total. The molecule has 0 bridgehead atoms. The summed E-state index contributed by atoms with van der Waals surface area (Å²) in [4.78, 5) is 4.10. The van der Waals surface area contributed by atoms with E-state index in [0.29, 0.717) is 34.9 Å². The summed E-state index contributed by atoms with van der Waals surface area (Å²) in [6.07, 6.45) is 0. The number of halogens is 2. The second-order valence-electron chi connectivity index (χ2n) is 3.51. The Labute approximate surface area is 111 Å². The first kappa shape index (κ1) is 13.1. The molecule has 0 saturated heterocycles. The predicted octanol–water partition coefficient (Wildman–Crippen LogP) is 2.11. The normalized spacial score (nSPS) is 10.8. The molecule has 1 aromatic heterocycles. The van der Waals surface area contributed by atoms with Gasteiger partial charge in [-0.25, -0.2) is 4.39 Å². The van der Waals surface area contributed by atoms with Gasteiger partial charge in [0.1, 0.15) is 12.4 Å². The van der Waals surface area contributed by atoms with Crippen LogP contribution in [-0.2, 0) is 11.3 Å². The topological polar surface area (TPSA) is 74.2 Å². The Kier molecular flexibility index (Phi) is 4.40. The van der Waals surface area contributed by atoms with Gasteiger partial charge >= 0.3 is 0 Å². The van der Waals surface area contributed by atoms with Gasteiger partial charge in [0.15, 0.2) is 0 Å². The highest BCUT2D eigenvalue weighted by molar-refractivity contribution is 9.10. The number of nitrogens with two attached hydrogens (primary N) is 1. The van der Waals surface area contributed by atoms with Crippen LogP contribution in [0, 0.1) is 5.82 Å². The van der Waals surface area contributed by atoms with E-state index in [4.69, 9.17) is 15.0 Å². The van der Waals surface area contributed by atoms with Gasteiger partial charge in [-0.2, -0.15) is 4.98 Å². The molecule has 1 aromatic carbocycles. The summed E-state index contributed by atoms with van der Waals surface area (Å²) in [5.41, 5.74) is 5.82. The van der Waals surface area contributed by atoms with E-state index in [-0.39, 0.29) is 12.4 Å². The fraction of sp³-hybridized carbons (Fsp3) is 0.273. The molecule has 7 heteroatoms. The van der Waals surface area contributed by atoms with Gasteiger partial charge < -0.3 is 15.0 Å². The zero-order valence-electron chi connectivity index (χ0n) is 9.40. The van der Waals surface area contributed by atoms with E-state index >= 15 is 0 Å². The summed E-state index contributed by atoms with van der Waals surface area (Å²) in [6.45, 7) is 1.04. The predicted molar refractivity (Wildman–Crippen MR) is 66.1 cm³/mol. The van der Waals surface area contributed by atoms with E-state index in [1.807, 2.05) is 0 Å². The lowest BCUT2D eigenvalue weighted by Gasteiger charge is -1.97. The van der Waals surface area contributed by atoms with Crippen LogP contribution < -0.4 is 5.73 Å². The fourth-order valence-electron chi connectivity index (χ4n) is 1.36. The van der Waals surface area contributed by atoms with Crippen molar-refractivity contribution in [1.82, 2.24) is 10.1 Å². The fourth-order valence-corrected chi connectivity index (χ4v) is 1.82. The Hall–Kier alpha value is -1.31. The Bertz CT molecular complexity index is 513. The van der Waals surface area contributed by atoms with Crippen molar-refractivity contribution in [3.8, 4) is 11.4 Å². The molecule has 0 saturated carbocycles. The third kappa shape index (κ3) is 3.34. The van der Waals surface area contributed by atoms with Crippen LogP contribution in [-0.4, -0.2) is 23.3 Å². The first-order chi connectivity index (χ1) is 8.69. The number of aromatic nitrogens is 2. The summed E-state index contributed by atoms with van der Waals surface area (Å²) < 4.78 is 24.0. The quantitative estimate of drug-likeness (QED) is 0.855. The molecule has 0 radical (unpaired) electrons. The van der Waals surface area contributed by atoms with Crippen LogP contribution in [0.4, 0.5) is 4.39 Å². The summed E-state index contributed by atoms with van der Waals surface area (Å²) in [7, 11) is 0. The highest BCUT2D eigenvalue weighted by Crippen LogP contribution is 2.22. The molecule has 2 aromatic rings. The van der Waals surface area contributed by atoms with Crippen molar-refractivity contribution < 1.29 is 13.7 Å². The molecule has 96 valence electrons. The van der Waals surface area contributed by atoms with Crippen molar-refractivity contribution in [3.63, 3.8) is 0 Å². The summed E-state index contributed by atoms with van der Waals surface area (Å²) >= 11 is 3.20. The minimum atomic E-state index is -0.370. The van der Waals surface area contributed by atoms with E-state index in [1.165, 1.54) is 12.1 Å². The molecule has 18 heavy (non-hydrogen) atoms. The van der Waals surface area contributed by atoms with Crippen molar-refractivity contribution in [2.24, 2.45) is 5.73 Å². The molecular formula is C11H11BrFN3O2. The molecule has 0 aliphatic carbocycles. The van der Waals surface area contributed by atoms with E-state index in [2.05, 4.69) is 26.1 Å². The monoisotopic (exact) mass is 315 g/mol. The molecule has 0 fully saturated rings. The zero-order valence-corrected chi connectivity index (χ0v) is 11.0. The molecule has 0 spiro atoms. The van der Waals surface area contributed by atoms with Crippen LogP contribution >= 0.6 is 15.9 Å². The van der Waals surface area contributed by atoms with Crippen molar-refractivity contribution in [1.29, 1.82) is 0 Å². The number of rotatable bonds is 5. The largest absolute Gasteiger partial charge is 0.370 e. The lowest BCUT2D eigenvalue weighted by Crippen LogP contribution is -2.08. The Morgan fingerprint density at radius 2 is 2.22 bits per heavy atom. The first-order valence-corrected chi connectivity index (χ1v) is 6.05. The summed E-state index contributed by atoms with van der Waals surface area (Å²) in [6, 6.07) is 4.40. The van der Waals surface area contributed by atoms with Crippen molar-refractivity contribution in [3.05, 3.63) is 34.4 Å². The zero-order chi connectivity index (χ0) is 13.0. The van der Waals surface area contributed by atoms with Crippen LogP contribution in [0.5, 0.6) is 0 Å². The minimum Gasteiger partial charge on any atom is -0.370 e. The van der Waals surface area contributed by atoms with Gasteiger partial charge in [-0.15, -0.1) is 0 Å².